The third-order valence-electron chi connectivity index (χ3n) is 4.80. The summed E-state index contributed by atoms with van der Waals surface area (Å²) in [6.07, 6.45) is 1.11. The van der Waals surface area contributed by atoms with E-state index in [1.807, 2.05) is 59.5 Å². The number of benzene rings is 2. The first kappa shape index (κ1) is 16.3. The fraction of sp³-hybridized carbons (Fsp3) is 0.250. The lowest BCUT2D eigenvalue weighted by molar-refractivity contribution is -0.132. The lowest BCUT2D eigenvalue weighted by Crippen LogP contribution is -2.38. The molecule has 0 saturated carbocycles. The Morgan fingerprint density at radius 1 is 1.00 bits per heavy atom. The monoisotopic (exact) mass is 347 g/mol. The predicted molar refractivity (Wildman–Crippen MR) is 100 cm³/mol. The van der Waals surface area contributed by atoms with Gasteiger partial charge in [0.05, 0.1) is 6.54 Å². The number of amides is 1. The molecule has 3 aromatic rings. The first-order valence-corrected chi connectivity index (χ1v) is 8.81. The van der Waals surface area contributed by atoms with Crippen molar-refractivity contribution in [3.63, 3.8) is 0 Å². The number of hydrogen-bond donors (Lipinski definition) is 1. The molecular weight excluding hydrogens is 326 g/mol. The van der Waals surface area contributed by atoms with Crippen LogP contribution in [0, 0.1) is 0 Å². The Hall–Kier alpha value is -3.15. The maximum Gasteiger partial charge on any atom is 0.223 e. The number of para-hydroxylation sites is 1. The first-order chi connectivity index (χ1) is 12.7. The summed E-state index contributed by atoms with van der Waals surface area (Å²) in [6.45, 7) is 1.89. The van der Waals surface area contributed by atoms with Gasteiger partial charge in [-0.1, -0.05) is 48.5 Å². The van der Waals surface area contributed by atoms with Crippen LogP contribution in [-0.4, -0.2) is 32.1 Å². The van der Waals surface area contributed by atoms with E-state index >= 15 is 0 Å². The van der Waals surface area contributed by atoms with E-state index in [0.29, 0.717) is 32.5 Å². The Bertz CT molecular complexity index is 919. The zero-order chi connectivity index (χ0) is 17.9. The number of fused-ring (bicyclic) bond motifs is 1. The highest BCUT2D eigenvalue weighted by Gasteiger charge is 2.24. The molecule has 2 aromatic carbocycles. The number of hydrogen-bond acceptors (Lipinski definition) is 4. The molecule has 6 nitrogen and oxygen atoms in total. The van der Waals surface area contributed by atoms with Crippen molar-refractivity contribution < 1.29 is 4.79 Å². The van der Waals surface area contributed by atoms with Gasteiger partial charge in [-0.15, -0.1) is 10.2 Å². The SMILES string of the molecule is Nc1ccccc1CCC(=O)N1CCn2c(nnc2-c2ccccc2)C1. The Labute approximate surface area is 152 Å². The Balaban J connectivity index is 1.43. The summed E-state index contributed by atoms with van der Waals surface area (Å²) < 4.78 is 2.11. The Morgan fingerprint density at radius 2 is 1.77 bits per heavy atom. The van der Waals surface area contributed by atoms with Gasteiger partial charge >= 0.3 is 0 Å². The van der Waals surface area contributed by atoms with Crippen molar-refractivity contribution in [3.8, 4) is 11.4 Å². The fourth-order valence-electron chi connectivity index (χ4n) is 3.33. The number of aromatic nitrogens is 3. The fourth-order valence-corrected chi connectivity index (χ4v) is 3.33. The minimum absolute atomic E-state index is 0.128. The first-order valence-electron chi connectivity index (χ1n) is 8.81. The molecule has 26 heavy (non-hydrogen) atoms. The summed E-state index contributed by atoms with van der Waals surface area (Å²) in [5, 5.41) is 8.62. The highest BCUT2D eigenvalue weighted by Crippen LogP contribution is 2.22. The van der Waals surface area contributed by atoms with Gasteiger partial charge in [0, 0.05) is 30.8 Å². The van der Waals surface area contributed by atoms with E-state index in [4.69, 9.17) is 5.73 Å². The summed E-state index contributed by atoms with van der Waals surface area (Å²) in [5.41, 5.74) is 8.77. The lowest BCUT2D eigenvalue weighted by atomic mass is 10.1. The molecule has 4 rings (SSSR count). The summed E-state index contributed by atoms with van der Waals surface area (Å²) in [6, 6.07) is 17.7. The second-order valence-corrected chi connectivity index (χ2v) is 6.47. The molecule has 0 radical (unpaired) electrons. The predicted octanol–water partition coefficient (Wildman–Crippen LogP) is 2.50. The number of rotatable bonds is 4. The molecular formula is C20H21N5O. The van der Waals surface area contributed by atoms with Gasteiger partial charge in [0.15, 0.2) is 11.6 Å². The summed E-state index contributed by atoms with van der Waals surface area (Å²) >= 11 is 0. The molecule has 0 aliphatic carbocycles. The molecule has 0 atom stereocenters. The number of nitrogens with two attached hydrogens (primary N) is 1. The zero-order valence-electron chi connectivity index (χ0n) is 14.5. The smallest absolute Gasteiger partial charge is 0.223 e. The molecule has 0 bridgehead atoms. The van der Waals surface area contributed by atoms with Gasteiger partial charge in [-0.25, -0.2) is 0 Å². The highest BCUT2D eigenvalue weighted by atomic mass is 16.2. The average Bonchev–Trinajstić information content (AvgIpc) is 3.11. The van der Waals surface area contributed by atoms with Crippen molar-refractivity contribution in [1.82, 2.24) is 19.7 Å². The number of anilines is 1. The molecule has 1 amide bonds. The van der Waals surface area contributed by atoms with Gasteiger partial charge in [-0.05, 0) is 18.1 Å². The van der Waals surface area contributed by atoms with Crippen LogP contribution in [0.15, 0.2) is 54.6 Å². The Kier molecular flexibility index (Phi) is 4.39. The quantitative estimate of drug-likeness (QED) is 0.736. The van der Waals surface area contributed by atoms with Crippen LogP contribution in [0.3, 0.4) is 0 Å². The zero-order valence-corrected chi connectivity index (χ0v) is 14.5. The Morgan fingerprint density at radius 3 is 2.58 bits per heavy atom. The number of nitrogens with zero attached hydrogens (tertiary/aromatic N) is 4. The maximum absolute atomic E-state index is 12.6. The highest BCUT2D eigenvalue weighted by molar-refractivity contribution is 5.76. The van der Waals surface area contributed by atoms with Crippen LogP contribution < -0.4 is 5.73 Å². The third kappa shape index (κ3) is 3.18. The van der Waals surface area contributed by atoms with Crippen molar-refractivity contribution >= 4 is 11.6 Å². The normalized spacial score (nSPS) is 13.5. The minimum atomic E-state index is 0.128. The van der Waals surface area contributed by atoms with E-state index in [1.165, 1.54) is 0 Å². The van der Waals surface area contributed by atoms with Gasteiger partial charge in [0.1, 0.15) is 0 Å². The second kappa shape index (κ2) is 7.00. The van der Waals surface area contributed by atoms with Gasteiger partial charge < -0.3 is 15.2 Å². The number of aryl methyl sites for hydroxylation is 1. The van der Waals surface area contributed by atoms with E-state index in [1.54, 1.807) is 0 Å². The maximum atomic E-state index is 12.6. The average molecular weight is 347 g/mol. The van der Waals surface area contributed by atoms with Gasteiger partial charge in [-0.3, -0.25) is 4.79 Å². The second-order valence-electron chi connectivity index (χ2n) is 6.47. The number of carbonyl (C=O) groups excluding carboxylic acids is 1. The van der Waals surface area contributed by atoms with Crippen LogP contribution in [0.1, 0.15) is 17.8 Å². The van der Waals surface area contributed by atoms with Crippen LogP contribution >= 0.6 is 0 Å². The van der Waals surface area contributed by atoms with Crippen LogP contribution in [-0.2, 0) is 24.3 Å². The van der Waals surface area contributed by atoms with Crippen LogP contribution in [0.25, 0.3) is 11.4 Å². The number of carbonyl (C=O) groups is 1. The largest absolute Gasteiger partial charge is 0.399 e. The molecule has 0 fully saturated rings. The van der Waals surface area contributed by atoms with Crippen molar-refractivity contribution in [2.45, 2.75) is 25.9 Å². The van der Waals surface area contributed by atoms with Crippen molar-refractivity contribution in [1.29, 1.82) is 0 Å². The molecule has 1 aromatic heterocycles. The van der Waals surface area contributed by atoms with Gasteiger partial charge in [-0.2, -0.15) is 0 Å². The molecule has 1 aliphatic heterocycles. The molecule has 2 N–H and O–H groups in total. The minimum Gasteiger partial charge on any atom is -0.399 e. The summed E-state index contributed by atoms with van der Waals surface area (Å²) in [4.78, 5) is 14.5. The topological polar surface area (TPSA) is 77.0 Å². The summed E-state index contributed by atoms with van der Waals surface area (Å²) in [5.74, 6) is 1.83. The van der Waals surface area contributed by atoms with Crippen LogP contribution in [0.2, 0.25) is 0 Å². The molecule has 132 valence electrons. The van der Waals surface area contributed by atoms with E-state index in [0.717, 1.165) is 28.5 Å². The van der Waals surface area contributed by atoms with E-state index in [9.17, 15) is 4.79 Å². The standard InChI is InChI=1S/C20H21N5O/c21-17-9-5-4-6-15(17)10-11-19(26)24-12-13-25-18(14-24)22-23-20(25)16-7-2-1-3-8-16/h1-9H,10-14,21H2. The molecule has 6 heteroatoms. The summed E-state index contributed by atoms with van der Waals surface area (Å²) in [7, 11) is 0. The van der Waals surface area contributed by atoms with Gasteiger partial charge in [0.2, 0.25) is 5.91 Å². The van der Waals surface area contributed by atoms with Crippen molar-refractivity contribution in [2.24, 2.45) is 0 Å². The van der Waals surface area contributed by atoms with E-state index in [2.05, 4.69) is 14.8 Å². The number of nitrogen functional groups attached to an aromatic ring is 1. The molecule has 1 aliphatic rings. The van der Waals surface area contributed by atoms with Crippen LogP contribution in [0.4, 0.5) is 5.69 Å². The molecule has 0 unspecified atom stereocenters. The van der Waals surface area contributed by atoms with E-state index in [-0.39, 0.29) is 5.91 Å². The van der Waals surface area contributed by atoms with Crippen molar-refractivity contribution in [3.05, 3.63) is 66.0 Å². The lowest BCUT2D eigenvalue weighted by Gasteiger charge is -2.28. The molecule has 2 heterocycles. The van der Waals surface area contributed by atoms with E-state index < -0.39 is 0 Å². The van der Waals surface area contributed by atoms with Crippen molar-refractivity contribution in [2.75, 3.05) is 12.3 Å². The molecule has 0 spiro atoms. The van der Waals surface area contributed by atoms with Crippen LogP contribution in [0.5, 0.6) is 0 Å². The molecule has 0 saturated heterocycles. The third-order valence-corrected chi connectivity index (χ3v) is 4.80. The van der Waals surface area contributed by atoms with Gasteiger partial charge in [0.25, 0.3) is 0 Å².